The second kappa shape index (κ2) is 7.06. The number of carbonyl (C=O) groups excluding carboxylic acids is 1. The Morgan fingerprint density at radius 1 is 1.28 bits per heavy atom. The number of aryl methyl sites for hydroxylation is 2. The monoisotopic (exact) mass is 343 g/mol. The molecule has 2 aliphatic rings. The van der Waals surface area contributed by atoms with Crippen molar-refractivity contribution in [2.24, 2.45) is 16.6 Å². The number of likely N-dealkylation sites (N-methyl/N-ethyl adjacent to an activating group) is 1. The van der Waals surface area contributed by atoms with Crippen molar-refractivity contribution in [1.29, 1.82) is 0 Å². The lowest BCUT2D eigenvalue weighted by molar-refractivity contribution is -0.132. The molecule has 25 heavy (non-hydrogen) atoms. The zero-order chi connectivity index (χ0) is 18.0. The van der Waals surface area contributed by atoms with Crippen LogP contribution in [-0.4, -0.2) is 36.0 Å². The number of amides is 1. The number of benzene rings is 1. The maximum Gasteiger partial charge on any atom is 0.260 e. The standard InChI is InChI=1S/C20H29N3O2/c1-14-9-10-15(2)17(11-14)25-13-20(12-16-7-5-4-6-8-16)18(24)23(3)19(21)22-20/h9-11,16H,4-8,12-13H2,1-3H3,(H2,21,22). The van der Waals surface area contributed by atoms with Gasteiger partial charge in [0.1, 0.15) is 12.4 Å². The first-order chi connectivity index (χ1) is 11.9. The lowest BCUT2D eigenvalue weighted by atomic mass is 9.79. The largest absolute Gasteiger partial charge is 0.490 e. The first-order valence-electron chi connectivity index (χ1n) is 9.25. The highest BCUT2D eigenvalue weighted by atomic mass is 16.5. The predicted molar refractivity (Wildman–Crippen MR) is 99.7 cm³/mol. The van der Waals surface area contributed by atoms with E-state index in [4.69, 9.17) is 10.5 Å². The molecule has 0 saturated heterocycles. The lowest BCUT2D eigenvalue weighted by Crippen LogP contribution is -2.47. The second-order valence-electron chi connectivity index (χ2n) is 7.63. The number of hydrogen-bond acceptors (Lipinski definition) is 4. The molecule has 1 unspecified atom stereocenters. The van der Waals surface area contributed by atoms with E-state index in [9.17, 15) is 4.79 Å². The van der Waals surface area contributed by atoms with Crippen molar-refractivity contribution in [3.8, 4) is 5.75 Å². The molecule has 5 heteroatoms. The first-order valence-corrected chi connectivity index (χ1v) is 9.25. The van der Waals surface area contributed by atoms with Gasteiger partial charge in [0.05, 0.1) is 0 Å². The Balaban J connectivity index is 1.81. The molecule has 5 nitrogen and oxygen atoms in total. The van der Waals surface area contributed by atoms with Gasteiger partial charge in [0, 0.05) is 7.05 Å². The number of ether oxygens (including phenoxy) is 1. The average molecular weight is 343 g/mol. The smallest absolute Gasteiger partial charge is 0.260 e. The second-order valence-corrected chi connectivity index (χ2v) is 7.63. The van der Waals surface area contributed by atoms with Crippen molar-refractivity contribution in [2.75, 3.05) is 13.7 Å². The summed E-state index contributed by atoms with van der Waals surface area (Å²) in [4.78, 5) is 19.0. The molecule has 1 amide bonds. The highest BCUT2D eigenvalue weighted by Gasteiger charge is 2.48. The third kappa shape index (κ3) is 3.65. The van der Waals surface area contributed by atoms with Gasteiger partial charge in [0.15, 0.2) is 11.5 Å². The van der Waals surface area contributed by atoms with Crippen molar-refractivity contribution in [3.63, 3.8) is 0 Å². The van der Waals surface area contributed by atoms with Gasteiger partial charge in [-0.05, 0) is 43.4 Å². The minimum atomic E-state index is -0.878. The van der Waals surface area contributed by atoms with Gasteiger partial charge < -0.3 is 10.5 Å². The van der Waals surface area contributed by atoms with Crippen molar-refractivity contribution >= 4 is 11.9 Å². The molecule has 2 N–H and O–H groups in total. The van der Waals surface area contributed by atoms with E-state index < -0.39 is 5.54 Å². The summed E-state index contributed by atoms with van der Waals surface area (Å²) in [5.41, 5.74) is 7.30. The van der Waals surface area contributed by atoms with Crippen molar-refractivity contribution in [1.82, 2.24) is 4.90 Å². The summed E-state index contributed by atoms with van der Waals surface area (Å²) in [5, 5.41) is 0. The molecule has 1 heterocycles. The molecule has 0 aromatic heterocycles. The molecular formula is C20H29N3O2. The topological polar surface area (TPSA) is 67.9 Å². The Hall–Kier alpha value is -2.04. The Bertz CT molecular complexity index is 680. The van der Waals surface area contributed by atoms with Gasteiger partial charge in [-0.25, -0.2) is 4.99 Å². The molecule has 1 atom stereocenters. The highest BCUT2D eigenvalue weighted by molar-refractivity contribution is 6.06. The molecule has 1 saturated carbocycles. The predicted octanol–water partition coefficient (Wildman–Crippen LogP) is 3.18. The van der Waals surface area contributed by atoms with Crippen LogP contribution in [0.5, 0.6) is 5.75 Å². The van der Waals surface area contributed by atoms with Crippen LogP contribution in [0.4, 0.5) is 0 Å². The van der Waals surface area contributed by atoms with Gasteiger partial charge in [0.25, 0.3) is 5.91 Å². The van der Waals surface area contributed by atoms with Crippen LogP contribution >= 0.6 is 0 Å². The Labute approximate surface area is 150 Å². The summed E-state index contributed by atoms with van der Waals surface area (Å²) in [6.45, 7) is 4.30. The fourth-order valence-electron chi connectivity index (χ4n) is 3.97. The third-order valence-corrected chi connectivity index (χ3v) is 5.54. The number of carbonyl (C=O) groups is 1. The Morgan fingerprint density at radius 3 is 2.64 bits per heavy atom. The third-order valence-electron chi connectivity index (χ3n) is 5.54. The highest BCUT2D eigenvalue weighted by Crippen LogP contribution is 2.36. The maximum absolute atomic E-state index is 12.9. The van der Waals surface area contributed by atoms with Gasteiger partial charge in [-0.15, -0.1) is 0 Å². The van der Waals surface area contributed by atoms with Crippen LogP contribution < -0.4 is 10.5 Å². The van der Waals surface area contributed by atoms with Crippen LogP contribution in [0.15, 0.2) is 23.2 Å². The SMILES string of the molecule is Cc1ccc(C)c(OCC2(CC3CCCCC3)N=C(N)N(C)C2=O)c1. The van der Waals surface area contributed by atoms with E-state index in [1.54, 1.807) is 7.05 Å². The summed E-state index contributed by atoms with van der Waals surface area (Å²) in [7, 11) is 1.70. The average Bonchev–Trinajstić information content (AvgIpc) is 2.81. The summed E-state index contributed by atoms with van der Waals surface area (Å²) in [6, 6.07) is 6.11. The quantitative estimate of drug-likeness (QED) is 0.893. The summed E-state index contributed by atoms with van der Waals surface area (Å²) < 4.78 is 6.10. The molecular weight excluding hydrogens is 314 g/mol. The van der Waals surface area contributed by atoms with Crippen LogP contribution in [0.3, 0.4) is 0 Å². The molecule has 0 spiro atoms. The van der Waals surface area contributed by atoms with E-state index in [0.29, 0.717) is 11.9 Å². The van der Waals surface area contributed by atoms with Gasteiger partial charge in [0.2, 0.25) is 0 Å². The zero-order valence-corrected chi connectivity index (χ0v) is 15.5. The lowest BCUT2D eigenvalue weighted by Gasteiger charge is -2.31. The van der Waals surface area contributed by atoms with Gasteiger partial charge >= 0.3 is 0 Å². The van der Waals surface area contributed by atoms with Gasteiger partial charge in [-0.2, -0.15) is 0 Å². The van der Waals surface area contributed by atoms with Crippen LogP contribution in [-0.2, 0) is 4.79 Å². The molecule has 1 aliphatic heterocycles. The number of hydrogen-bond donors (Lipinski definition) is 1. The zero-order valence-electron chi connectivity index (χ0n) is 15.5. The van der Waals surface area contributed by atoms with Crippen molar-refractivity contribution < 1.29 is 9.53 Å². The molecule has 1 fully saturated rings. The Kier molecular flexibility index (Phi) is 5.02. The van der Waals surface area contributed by atoms with Crippen LogP contribution in [0.1, 0.15) is 49.7 Å². The fraction of sp³-hybridized carbons (Fsp3) is 0.600. The van der Waals surface area contributed by atoms with Crippen molar-refractivity contribution in [2.45, 2.75) is 57.9 Å². The summed E-state index contributed by atoms with van der Waals surface area (Å²) >= 11 is 0. The number of rotatable bonds is 5. The molecule has 0 radical (unpaired) electrons. The van der Waals surface area contributed by atoms with Gasteiger partial charge in [-0.1, -0.05) is 44.2 Å². The fourth-order valence-corrected chi connectivity index (χ4v) is 3.97. The molecule has 1 aromatic rings. The molecule has 0 bridgehead atoms. The van der Waals surface area contributed by atoms with Crippen molar-refractivity contribution in [3.05, 3.63) is 29.3 Å². The van der Waals surface area contributed by atoms with Crippen LogP contribution in [0.2, 0.25) is 0 Å². The Morgan fingerprint density at radius 2 is 2.00 bits per heavy atom. The van der Waals surface area contributed by atoms with E-state index >= 15 is 0 Å². The van der Waals surface area contributed by atoms with E-state index in [1.165, 1.54) is 24.2 Å². The number of aliphatic imine (C=N–C) groups is 1. The number of nitrogens with two attached hydrogens (primary N) is 1. The first kappa shape index (κ1) is 17.8. The summed E-state index contributed by atoms with van der Waals surface area (Å²) in [6.07, 6.45) is 6.82. The van der Waals surface area contributed by atoms with Gasteiger partial charge in [-0.3, -0.25) is 9.69 Å². The molecule has 1 aromatic carbocycles. The number of guanidine groups is 1. The molecule has 3 rings (SSSR count). The van der Waals surface area contributed by atoms with Crippen LogP contribution in [0, 0.1) is 19.8 Å². The summed E-state index contributed by atoms with van der Waals surface area (Å²) in [5.74, 6) is 1.59. The molecule has 1 aliphatic carbocycles. The van der Waals surface area contributed by atoms with E-state index in [2.05, 4.69) is 11.1 Å². The maximum atomic E-state index is 12.9. The minimum absolute atomic E-state index is 0.0409. The van der Waals surface area contributed by atoms with E-state index in [1.807, 2.05) is 26.0 Å². The van der Waals surface area contributed by atoms with Crippen LogP contribution in [0.25, 0.3) is 0 Å². The minimum Gasteiger partial charge on any atom is -0.490 e. The molecule has 136 valence electrons. The number of nitrogens with zero attached hydrogens (tertiary/aromatic N) is 2. The van der Waals surface area contributed by atoms with E-state index in [0.717, 1.165) is 36.1 Å². The normalized spacial score (nSPS) is 24.5. The van der Waals surface area contributed by atoms with E-state index in [-0.39, 0.29) is 12.5 Å².